The molecule has 3 rings (SSSR count). The van der Waals surface area contributed by atoms with Gasteiger partial charge in [0.15, 0.2) is 0 Å². The number of amides is 1. The molecule has 2 aliphatic heterocycles. The second-order valence-corrected chi connectivity index (χ2v) is 5.76. The number of benzene rings is 1. The smallest absolute Gasteiger partial charge is 0.219 e. The number of rotatable bonds is 2. The lowest BCUT2D eigenvalue weighted by Crippen LogP contribution is -2.46. The van der Waals surface area contributed by atoms with Gasteiger partial charge in [-0.05, 0) is 25.0 Å². The van der Waals surface area contributed by atoms with Crippen LogP contribution in [0.25, 0.3) is 0 Å². The van der Waals surface area contributed by atoms with E-state index >= 15 is 0 Å². The van der Waals surface area contributed by atoms with Crippen molar-refractivity contribution in [2.24, 2.45) is 0 Å². The standard InChI is InChI=1S/C16H21NO3/c1-13(18)17-9-7-16(8-10-17)11-15(12-19-16)20-14-5-3-2-4-6-14/h2-6,15H,7-12H2,1H3/t15-/m0/s1. The molecular weight excluding hydrogens is 254 g/mol. The molecule has 0 bridgehead atoms. The van der Waals surface area contributed by atoms with Gasteiger partial charge in [-0.3, -0.25) is 4.79 Å². The van der Waals surface area contributed by atoms with E-state index in [2.05, 4.69) is 0 Å². The molecule has 108 valence electrons. The van der Waals surface area contributed by atoms with Crippen molar-refractivity contribution in [3.8, 4) is 5.75 Å². The number of carbonyl (C=O) groups is 1. The van der Waals surface area contributed by atoms with Gasteiger partial charge in [-0.15, -0.1) is 0 Å². The Morgan fingerprint density at radius 2 is 2.00 bits per heavy atom. The van der Waals surface area contributed by atoms with Crippen molar-refractivity contribution in [2.45, 2.75) is 37.9 Å². The SMILES string of the molecule is CC(=O)N1CCC2(CC1)C[C@H](Oc1ccccc1)CO2. The lowest BCUT2D eigenvalue weighted by atomic mass is 9.88. The monoisotopic (exact) mass is 275 g/mol. The number of likely N-dealkylation sites (tertiary alicyclic amines) is 1. The summed E-state index contributed by atoms with van der Waals surface area (Å²) in [5, 5.41) is 0. The van der Waals surface area contributed by atoms with Crippen molar-refractivity contribution in [1.29, 1.82) is 0 Å². The molecule has 20 heavy (non-hydrogen) atoms. The second-order valence-electron chi connectivity index (χ2n) is 5.76. The van der Waals surface area contributed by atoms with Crippen molar-refractivity contribution < 1.29 is 14.3 Å². The molecule has 1 amide bonds. The molecule has 0 N–H and O–H groups in total. The first kappa shape index (κ1) is 13.4. The maximum Gasteiger partial charge on any atom is 0.219 e. The molecule has 4 nitrogen and oxygen atoms in total. The second kappa shape index (κ2) is 5.44. The lowest BCUT2D eigenvalue weighted by molar-refractivity contribution is -0.133. The highest BCUT2D eigenvalue weighted by molar-refractivity contribution is 5.73. The van der Waals surface area contributed by atoms with E-state index in [0.29, 0.717) is 6.61 Å². The van der Waals surface area contributed by atoms with Gasteiger partial charge in [0.2, 0.25) is 5.91 Å². The van der Waals surface area contributed by atoms with Crippen LogP contribution in [0.5, 0.6) is 5.75 Å². The van der Waals surface area contributed by atoms with Gasteiger partial charge in [0.1, 0.15) is 11.9 Å². The van der Waals surface area contributed by atoms with Gasteiger partial charge in [-0.2, -0.15) is 0 Å². The average molecular weight is 275 g/mol. The minimum Gasteiger partial charge on any atom is -0.488 e. The van der Waals surface area contributed by atoms with Gasteiger partial charge < -0.3 is 14.4 Å². The maximum absolute atomic E-state index is 11.4. The molecule has 4 heteroatoms. The first-order valence-corrected chi connectivity index (χ1v) is 7.28. The van der Waals surface area contributed by atoms with Crippen LogP contribution < -0.4 is 4.74 Å². The first-order valence-electron chi connectivity index (χ1n) is 7.28. The van der Waals surface area contributed by atoms with E-state index in [1.807, 2.05) is 35.2 Å². The molecule has 2 saturated heterocycles. The molecule has 2 fully saturated rings. The van der Waals surface area contributed by atoms with Crippen LogP contribution in [0.4, 0.5) is 0 Å². The zero-order valence-corrected chi connectivity index (χ0v) is 11.9. The van der Waals surface area contributed by atoms with Crippen molar-refractivity contribution in [1.82, 2.24) is 4.90 Å². The van der Waals surface area contributed by atoms with E-state index in [9.17, 15) is 4.79 Å². The van der Waals surface area contributed by atoms with Crippen molar-refractivity contribution in [3.05, 3.63) is 30.3 Å². The summed E-state index contributed by atoms with van der Waals surface area (Å²) >= 11 is 0. The number of carbonyl (C=O) groups excluding carboxylic acids is 1. The van der Waals surface area contributed by atoms with E-state index in [0.717, 1.165) is 38.1 Å². The zero-order valence-electron chi connectivity index (χ0n) is 11.9. The maximum atomic E-state index is 11.4. The quantitative estimate of drug-likeness (QED) is 0.831. The Morgan fingerprint density at radius 1 is 1.30 bits per heavy atom. The predicted octanol–water partition coefficient (Wildman–Crippen LogP) is 2.24. The first-order chi connectivity index (χ1) is 9.67. The predicted molar refractivity (Wildman–Crippen MR) is 75.6 cm³/mol. The highest BCUT2D eigenvalue weighted by atomic mass is 16.6. The molecule has 1 aromatic rings. The van der Waals surface area contributed by atoms with Crippen LogP contribution in [0.15, 0.2) is 30.3 Å². The summed E-state index contributed by atoms with van der Waals surface area (Å²) in [6.07, 6.45) is 2.89. The molecule has 0 unspecified atom stereocenters. The summed E-state index contributed by atoms with van der Waals surface area (Å²) in [7, 11) is 0. The van der Waals surface area contributed by atoms with Crippen molar-refractivity contribution in [3.63, 3.8) is 0 Å². The summed E-state index contributed by atoms with van der Waals surface area (Å²) in [5.74, 6) is 1.06. The Labute approximate surface area is 119 Å². The van der Waals surface area contributed by atoms with Gasteiger partial charge in [-0.1, -0.05) is 18.2 Å². The largest absolute Gasteiger partial charge is 0.488 e. The highest BCUT2D eigenvalue weighted by Crippen LogP contribution is 2.37. The molecule has 1 spiro atoms. The number of para-hydroxylation sites is 1. The summed E-state index contributed by atoms with van der Waals surface area (Å²) in [6, 6.07) is 9.89. The molecule has 2 aliphatic rings. The molecule has 0 aromatic heterocycles. The topological polar surface area (TPSA) is 38.8 Å². The van der Waals surface area contributed by atoms with E-state index < -0.39 is 0 Å². The van der Waals surface area contributed by atoms with Crippen LogP contribution in [0.1, 0.15) is 26.2 Å². The van der Waals surface area contributed by atoms with Crippen LogP contribution in [0.3, 0.4) is 0 Å². The Hall–Kier alpha value is -1.55. The Balaban J connectivity index is 1.56. The molecule has 1 aromatic carbocycles. The highest BCUT2D eigenvalue weighted by Gasteiger charge is 2.43. The molecule has 2 heterocycles. The third-order valence-electron chi connectivity index (χ3n) is 4.34. The van der Waals surface area contributed by atoms with Crippen LogP contribution in [-0.2, 0) is 9.53 Å². The van der Waals surface area contributed by atoms with Crippen molar-refractivity contribution in [2.75, 3.05) is 19.7 Å². The zero-order chi connectivity index (χ0) is 14.0. The Bertz CT molecular complexity index is 466. The molecule has 0 radical (unpaired) electrons. The van der Waals surface area contributed by atoms with Gasteiger partial charge >= 0.3 is 0 Å². The van der Waals surface area contributed by atoms with E-state index in [-0.39, 0.29) is 17.6 Å². The fourth-order valence-corrected chi connectivity index (χ4v) is 3.15. The molecule has 0 saturated carbocycles. The Morgan fingerprint density at radius 3 is 2.65 bits per heavy atom. The number of hydrogen-bond donors (Lipinski definition) is 0. The number of hydrogen-bond acceptors (Lipinski definition) is 3. The summed E-state index contributed by atoms with van der Waals surface area (Å²) in [4.78, 5) is 13.3. The summed E-state index contributed by atoms with van der Waals surface area (Å²) < 4.78 is 12.0. The van der Waals surface area contributed by atoms with Gasteiger partial charge in [0.25, 0.3) is 0 Å². The van der Waals surface area contributed by atoms with Crippen LogP contribution in [0, 0.1) is 0 Å². The minimum atomic E-state index is -0.0780. The van der Waals surface area contributed by atoms with Gasteiger partial charge in [-0.25, -0.2) is 0 Å². The van der Waals surface area contributed by atoms with Crippen LogP contribution in [-0.4, -0.2) is 42.2 Å². The van der Waals surface area contributed by atoms with Crippen molar-refractivity contribution >= 4 is 5.91 Å². The fourth-order valence-electron chi connectivity index (χ4n) is 3.15. The fraction of sp³-hybridized carbons (Fsp3) is 0.562. The van der Waals surface area contributed by atoms with Crippen LogP contribution in [0.2, 0.25) is 0 Å². The summed E-state index contributed by atoms with van der Waals surface area (Å²) in [5.41, 5.74) is -0.0780. The number of piperidine rings is 1. The normalized spacial score (nSPS) is 24.9. The third kappa shape index (κ3) is 2.80. The summed E-state index contributed by atoms with van der Waals surface area (Å²) in [6.45, 7) is 3.88. The minimum absolute atomic E-state index is 0.0780. The lowest BCUT2D eigenvalue weighted by Gasteiger charge is -2.38. The number of nitrogens with zero attached hydrogens (tertiary/aromatic N) is 1. The molecular formula is C16H21NO3. The van der Waals surface area contributed by atoms with Crippen LogP contribution >= 0.6 is 0 Å². The molecule has 0 aliphatic carbocycles. The number of ether oxygens (including phenoxy) is 2. The molecule has 1 atom stereocenters. The average Bonchev–Trinajstić information content (AvgIpc) is 2.83. The Kier molecular flexibility index (Phi) is 3.66. The van der Waals surface area contributed by atoms with E-state index in [4.69, 9.17) is 9.47 Å². The van der Waals surface area contributed by atoms with Gasteiger partial charge in [0, 0.05) is 26.4 Å². The van der Waals surface area contributed by atoms with E-state index in [1.165, 1.54) is 0 Å². The van der Waals surface area contributed by atoms with Gasteiger partial charge in [0.05, 0.1) is 12.2 Å². The third-order valence-corrected chi connectivity index (χ3v) is 4.34. The van der Waals surface area contributed by atoms with E-state index in [1.54, 1.807) is 6.92 Å².